The van der Waals surface area contributed by atoms with Crippen molar-refractivity contribution in [2.75, 3.05) is 7.05 Å². The summed E-state index contributed by atoms with van der Waals surface area (Å²) in [6.07, 6.45) is 1.07. The van der Waals surface area contributed by atoms with Crippen LogP contribution in [0.15, 0.2) is 35.7 Å². The molecule has 90 valence electrons. The SMILES string of the molecule is CNC(Cc1cccs1)c1c(C)cccc1C. The first-order valence-electron chi connectivity index (χ1n) is 5.98. The molecule has 0 radical (unpaired) electrons. The van der Waals surface area contributed by atoms with Gasteiger partial charge in [0.2, 0.25) is 0 Å². The zero-order valence-corrected chi connectivity index (χ0v) is 11.5. The van der Waals surface area contributed by atoms with Crippen molar-refractivity contribution in [2.45, 2.75) is 26.3 Å². The van der Waals surface area contributed by atoms with E-state index in [1.165, 1.54) is 21.6 Å². The summed E-state index contributed by atoms with van der Waals surface area (Å²) in [5.41, 5.74) is 4.20. The van der Waals surface area contributed by atoms with Gasteiger partial charge in [0.25, 0.3) is 0 Å². The van der Waals surface area contributed by atoms with E-state index in [4.69, 9.17) is 0 Å². The molecule has 1 heterocycles. The Morgan fingerprint density at radius 1 is 1.12 bits per heavy atom. The maximum Gasteiger partial charge on any atom is 0.0371 e. The molecule has 0 saturated heterocycles. The molecule has 0 aliphatic carbocycles. The number of likely N-dealkylation sites (N-methyl/N-ethyl adjacent to an activating group) is 1. The lowest BCUT2D eigenvalue weighted by Gasteiger charge is -2.20. The van der Waals surface area contributed by atoms with E-state index in [1.54, 1.807) is 0 Å². The molecular formula is C15H19NS. The van der Waals surface area contributed by atoms with Crippen molar-refractivity contribution >= 4 is 11.3 Å². The molecule has 0 fully saturated rings. The largest absolute Gasteiger partial charge is 0.313 e. The van der Waals surface area contributed by atoms with Gasteiger partial charge in [-0.25, -0.2) is 0 Å². The summed E-state index contributed by atoms with van der Waals surface area (Å²) in [7, 11) is 2.05. The standard InChI is InChI=1S/C15H19NS/c1-11-6-4-7-12(2)15(11)14(16-3)10-13-8-5-9-17-13/h4-9,14,16H,10H2,1-3H3. The van der Waals surface area contributed by atoms with Gasteiger partial charge in [0.1, 0.15) is 0 Å². The number of benzene rings is 1. The molecule has 0 aliphatic rings. The summed E-state index contributed by atoms with van der Waals surface area (Å²) in [5, 5.41) is 5.59. The van der Waals surface area contributed by atoms with E-state index in [9.17, 15) is 0 Å². The van der Waals surface area contributed by atoms with Gasteiger partial charge in [0, 0.05) is 17.3 Å². The lowest BCUT2D eigenvalue weighted by molar-refractivity contribution is 0.590. The minimum atomic E-state index is 0.412. The van der Waals surface area contributed by atoms with Gasteiger partial charge in [-0.2, -0.15) is 0 Å². The van der Waals surface area contributed by atoms with Crippen LogP contribution in [-0.4, -0.2) is 7.05 Å². The third kappa shape index (κ3) is 2.76. The summed E-state index contributed by atoms with van der Waals surface area (Å²) >= 11 is 1.83. The highest BCUT2D eigenvalue weighted by Crippen LogP contribution is 2.26. The van der Waals surface area contributed by atoms with E-state index < -0.39 is 0 Å². The lowest BCUT2D eigenvalue weighted by Crippen LogP contribution is -2.20. The lowest BCUT2D eigenvalue weighted by atomic mass is 9.94. The number of rotatable bonds is 4. The Bertz CT molecular complexity index is 453. The summed E-state index contributed by atoms with van der Waals surface area (Å²) < 4.78 is 0. The first kappa shape index (κ1) is 12.3. The van der Waals surface area contributed by atoms with Crippen LogP contribution in [0.5, 0.6) is 0 Å². The van der Waals surface area contributed by atoms with Gasteiger partial charge in [-0.1, -0.05) is 24.3 Å². The third-order valence-corrected chi connectivity index (χ3v) is 4.12. The Labute approximate surface area is 108 Å². The summed E-state index contributed by atoms with van der Waals surface area (Å²) in [6, 6.07) is 11.3. The fourth-order valence-corrected chi connectivity index (χ4v) is 3.11. The van der Waals surface area contributed by atoms with Gasteiger partial charge in [-0.3, -0.25) is 0 Å². The second-order valence-electron chi connectivity index (χ2n) is 4.43. The molecule has 0 saturated carbocycles. The molecule has 1 nitrogen and oxygen atoms in total. The predicted octanol–water partition coefficient (Wildman–Crippen LogP) is 3.87. The van der Waals surface area contributed by atoms with E-state index >= 15 is 0 Å². The number of aryl methyl sites for hydroxylation is 2. The second kappa shape index (κ2) is 5.48. The smallest absolute Gasteiger partial charge is 0.0371 e. The molecule has 17 heavy (non-hydrogen) atoms. The minimum Gasteiger partial charge on any atom is -0.313 e. The van der Waals surface area contributed by atoms with E-state index in [0.717, 1.165) is 6.42 Å². The normalized spacial score (nSPS) is 12.6. The zero-order chi connectivity index (χ0) is 12.3. The maximum atomic E-state index is 3.44. The molecule has 0 amide bonds. The van der Waals surface area contributed by atoms with Gasteiger partial charge in [-0.15, -0.1) is 11.3 Å². The number of hydrogen-bond donors (Lipinski definition) is 1. The van der Waals surface area contributed by atoms with E-state index in [2.05, 4.69) is 54.9 Å². The molecule has 2 aromatic rings. The quantitative estimate of drug-likeness (QED) is 0.862. The van der Waals surface area contributed by atoms with Crippen LogP contribution in [0.25, 0.3) is 0 Å². The minimum absolute atomic E-state index is 0.412. The Kier molecular flexibility index (Phi) is 3.97. The number of hydrogen-bond acceptors (Lipinski definition) is 2. The average molecular weight is 245 g/mol. The molecule has 1 N–H and O–H groups in total. The van der Waals surface area contributed by atoms with Crippen molar-refractivity contribution in [1.82, 2.24) is 5.32 Å². The zero-order valence-electron chi connectivity index (χ0n) is 10.7. The van der Waals surface area contributed by atoms with Crippen LogP contribution < -0.4 is 5.32 Å². The Morgan fingerprint density at radius 2 is 1.82 bits per heavy atom. The maximum absolute atomic E-state index is 3.44. The summed E-state index contributed by atoms with van der Waals surface area (Å²) in [5.74, 6) is 0. The van der Waals surface area contributed by atoms with Crippen LogP contribution in [0.4, 0.5) is 0 Å². The Balaban J connectivity index is 2.29. The van der Waals surface area contributed by atoms with Crippen LogP contribution in [0.1, 0.15) is 27.6 Å². The molecule has 2 rings (SSSR count). The van der Waals surface area contributed by atoms with Gasteiger partial charge >= 0.3 is 0 Å². The first-order valence-corrected chi connectivity index (χ1v) is 6.86. The number of nitrogens with one attached hydrogen (secondary N) is 1. The molecule has 0 aliphatic heterocycles. The Hall–Kier alpha value is -1.12. The molecule has 1 aromatic heterocycles. The van der Waals surface area contributed by atoms with Gasteiger partial charge in [0.05, 0.1) is 0 Å². The highest BCUT2D eigenvalue weighted by molar-refractivity contribution is 7.09. The van der Waals surface area contributed by atoms with Gasteiger partial charge < -0.3 is 5.32 Å². The molecule has 0 bridgehead atoms. The van der Waals surface area contributed by atoms with Crippen molar-refractivity contribution in [2.24, 2.45) is 0 Å². The van der Waals surface area contributed by atoms with Crippen molar-refractivity contribution in [1.29, 1.82) is 0 Å². The van der Waals surface area contributed by atoms with Gasteiger partial charge in [-0.05, 0) is 49.0 Å². The van der Waals surface area contributed by atoms with Crippen LogP contribution in [0.3, 0.4) is 0 Å². The van der Waals surface area contributed by atoms with Crippen LogP contribution in [0.2, 0.25) is 0 Å². The first-order chi connectivity index (χ1) is 8.22. The fraction of sp³-hybridized carbons (Fsp3) is 0.333. The van der Waals surface area contributed by atoms with Crippen LogP contribution in [0, 0.1) is 13.8 Å². The van der Waals surface area contributed by atoms with Crippen molar-refractivity contribution in [3.05, 3.63) is 57.3 Å². The van der Waals surface area contributed by atoms with Crippen molar-refractivity contribution < 1.29 is 0 Å². The highest BCUT2D eigenvalue weighted by atomic mass is 32.1. The second-order valence-corrected chi connectivity index (χ2v) is 5.46. The van der Waals surface area contributed by atoms with Crippen LogP contribution >= 0.6 is 11.3 Å². The molecule has 1 unspecified atom stereocenters. The van der Waals surface area contributed by atoms with Crippen molar-refractivity contribution in [3.63, 3.8) is 0 Å². The molecule has 0 spiro atoms. The molecule has 1 atom stereocenters. The summed E-state index contributed by atoms with van der Waals surface area (Å²) in [6.45, 7) is 4.39. The highest BCUT2D eigenvalue weighted by Gasteiger charge is 2.14. The number of thiophene rings is 1. The topological polar surface area (TPSA) is 12.0 Å². The van der Waals surface area contributed by atoms with E-state index in [-0.39, 0.29) is 0 Å². The van der Waals surface area contributed by atoms with Gasteiger partial charge in [0.15, 0.2) is 0 Å². The summed E-state index contributed by atoms with van der Waals surface area (Å²) in [4.78, 5) is 1.44. The average Bonchev–Trinajstić information content (AvgIpc) is 2.80. The van der Waals surface area contributed by atoms with E-state index in [1.807, 2.05) is 18.4 Å². The third-order valence-electron chi connectivity index (χ3n) is 3.22. The molecular weight excluding hydrogens is 226 g/mol. The Morgan fingerprint density at radius 3 is 2.35 bits per heavy atom. The van der Waals surface area contributed by atoms with E-state index in [0.29, 0.717) is 6.04 Å². The predicted molar refractivity (Wildman–Crippen MR) is 75.7 cm³/mol. The fourth-order valence-electron chi connectivity index (χ4n) is 2.36. The van der Waals surface area contributed by atoms with Crippen LogP contribution in [-0.2, 0) is 6.42 Å². The van der Waals surface area contributed by atoms with Crippen molar-refractivity contribution in [3.8, 4) is 0 Å². The molecule has 1 aromatic carbocycles. The molecule has 2 heteroatoms. The monoisotopic (exact) mass is 245 g/mol.